The van der Waals surface area contributed by atoms with E-state index in [1.807, 2.05) is 6.07 Å². The van der Waals surface area contributed by atoms with Crippen LogP contribution in [0.5, 0.6) is 0 Å². The van der Waals surface area contributed by atoms with Crippen LogP contribution in [0.1, 0.15) is 12.0 Å². The van der Waals surface area contributed by atoms with Crippen molar-refractivity contribution >= 4 is 5.95 Å². The third-order valence-electron chi connectivity index (χ3n) is 5.43. The molecule has 2 aromatic heterocycles. The van der Waals surface area contributed by atoms with Gasteiger partial charge in [-0.05, 0) is 18.1 Å². The summed E-state index contributed by atoms with van der Waals surface area (Å²) in [7, 11) is 0. The third-order valence-corrected chi connectivity index (χ3v) is 5.43. The number of hydrogen-bond donors (Lipinski definition) is 1. The monoisotopic (exact) mass is 360 g/mol. The second-order valence-corrected chi connectivity index (χ2v) is 7.16. The summed E-state index contributed by atoms with van der Waals surface area (Å²) in [6, 6.07) is 14.7. The molecule has 4 heterocycles. The van der Waals surface area contributed by atoms with Gasteiger partial charge in [0.05, 0.1) is 11.4 Å². The quantitative estimate of drug-likeness (QED) is 0.763. The Labute approximate surface area is 156 Å². The molecular formula is C20H20N6O. The fourth-order valence-corrected chi connectivity index (χ4v) is 4.17. The molecule has 0 saturated carbocycles. The van der Waals surface area contributed by atoms with Crippen molar-refractivity contribution < 1.29 is 0 Å². The molecule has 0 spiro atoms. The van der Waals surface area contributed by atoms with Crippen molar-refractivity contribution in [1.29, 1.82) is 0 Å². The van der Waals surface area contributed by atoms with Crippen molar-refractivity contribution in [2.24, 2.45) is 0 Å². The number of hydrogen-bond acceptors (Lipinski definition) is 6. The highest BCUT2D eigenvalue weighted by Gasteiger charge is 2.44. The molecule has 0 radical (unpaired) electrons. The fraction of sp³-hybridized carbons (Fsp3) is 0.300. The minimum Gasteiger partial charge on any atom is -0.336 e. The predicted molar refractivity (Wildman–Crippen MR) is 102 cm³/mol. The first-order valence-electron chi connectivity index (χ1n) is 9.18. The van der Waals surface area contributed by atoms with Gasteiger partial charge in [0.1, 0.15) is 6.33 Å². The zero-order chi connectivity index (χ0) is 18.2. The third kappa shape index (κ3) is 3.10. The fourth-order valence-electron chi connectivity index (χ4n) is 4.17. The molecule has 136 valence electrons. The van der Waals surface area contributed by atoms with Crippen molar-refractivity contribution in [2.75, 3.05) is 18.0 Å². The van der Waals surface area contributed by atoms with Gasteiger partial charge in [-0.2, -0.15) is 0 Å². The Balaban J connectivity index is 1.36. The number of aromatic nitrogens is 4. The maximum absolute atomic E-state index is 12.2. The molecule has 0 amide bonds. The van der Waals surface area contributed by atoms with E-state index in [9.17, 15) is 4.79 Å². The summed E-state index contributed by atoms with van der Waals surface area (Å²) in [5.74, 6) is 0.642. The number of H-pyrrole nitrogens is 1. The lowest BCUT2D eigenvalue weighted by atomic mass is 10.2. The summed E-state index contributed by atoms with van der Waals surface area (Å²) in [4.78, 5) is 32.7. The molecule has 2 atom stereocenters. The van der Waals surface area contributed by atoms with Crippen LogP contribution >= 0.6 is 0 Å². The van der Waals surface area contributed by atoms with Crippen LogP contribution in [-0.2, 0) is 6.54 Å². The van der Waals surface area contributed by atoms with Gasteiger partial charge in [0.15, 0.2) is 0 Å². The molecule has 3 aromatic rings. The highest BCUT2D eigenvalue weighted by molar-refractivity contribution is 5.55. The maximum Gasteiger partial charge on any atom is 0.252 e. The molecule has 2 aliphatic rings. The zero-order valence-corrected chi connectivity index (χ0v) is 14.8. The Kier molecular flexibility index (Phi) is 3.94. The Morgan fingerprint density at radius 2 is 1.96 bits per heavy atom. The van der Waals surface area contributed by atoms with E-state index in [-0.39, 0.29) is 5.56 Å². The van der Waals surface area contributed by atoms with Gasteiger partial charge in [-0.25, -0.2) is 15.0 Å². The van der Waals surface area contributed by atoms with Crippen molar-refractivity contribution in [3.63, 3.8) is 0 Å². The zero-order valence-electron chi connectivity index (χ0n) is 14.8. The van der Waals surface area contributed by atoms with E-state index in [4.69, 9.17) is 0 Å². The summed E-state index contributed by atoms with van der Waals surface area (Å²) >= 11 is 0. The number of benzene rings is 1. The number of anilines is 1. The molecule has 1 aromatic carbocycles. The van der Waals surface area contributed by atoms with E-state index in [2.05, 4.69) is 54.0 Å². The standard InChI is InChI=1S/C20H20N6O/c27-19-9-18(17-6-7-21-13-22-17)23-20(24-19)26-12-15-8-16(26)11-25(15)10-14-4-2-1-3-5-14/h1-7,9,13,15-16H,8,10-12H2,(H,23,24,27)/t15?,16-/m1/s1. The Hall–Kier alpha value is -3.06. The number of nitrogens with one attached hydrogen (secondary N) is 1. The molecule has 2 saturated heterocycles. The number of aromatic amines is 1. The number of nitrogens with zero attached hydrogens (tertiary/aromatic N) is 5. The maximum atomic E-state index is 12.2. The first kappa shape index (κ1) is 16.1. The topological polar surface area (TPSA) is 78.0 Å². The van der Waals surface area contributed by atoms with Gasteiger partial charge >= 0.3 is 0 Å². The Morgan fingerprint density at radius 1 is 1.07 bits per heavy atom. The molecule has 1 N–H and O–H groups in total. The van der Waals surface area contributed by atoms with Crippen molar-refractivity contribution in [2.45, 2.75) is 25.0 Å². The molecule has 27 heavy (non-hydrogen) atoms. The molecule has 1 unspecified atom stereocenters. The number of rotatable bonds is 4. The van der Waals surface area contributed by atoms with Crippen LogP contribution in [-0.4, -0.2) is 50.0 Å². The number of likely N-dealkylation sites (tertiary alicyclic amines) is 1. The molecule has 7 heteroatoms. The normalized spacial score (nSPS) is 21.7. The molecule has 0 aliphatic carbocycles. The van der Waals surface area contributed by atoms with Crippen molar-refractivity contribution in [3.05, 3.63) is 70.9 Å². The van der Waals surface area contributed by atoms with Crippen LogP contribution in [0.4, 0.5) is 5.95 Å². The highest BCUT2D eigenvalue weighted by atomic mass is 16.1. The summed E-state index contributed by atoms with van der Waals surface area (Å²) in [6.45, 7) is 2.84. The lowest BCUT2D eigenvalue weighted by Crippen LogP contribution is -2.47. The summed E-state index contributed by atoms with van der Waals surface area (Å²) < 4.78 is 0. The van der Waals surface area contributed by atoms with Crippen LogP contribution in [0.25, 0.3) is 11.4 Å². The van der Waals surface area contributed by atoms with E-state index in [1.54, 1.807) is 12.3 Å². The molecule has 5 rings (SSSR count). The molecular weight excluding hydrogens is 340 g/mol. The minimum atomic E-state index is -0.155. The lowest BCUT2D eigenvalue weighted by Gasteiger charge is -2.34. The highest BCUT2D eigenvalue weighted by Crippen LogP contribution is 2.34. The van der Waals surface area contributed by atoms with Crippen LogP contribution in [0.3, 0.4) is 0 Å². The van der Waals surface area contributed by atoms with Crippen molar-refractivity contribution in [1.82, 2.24) is 24.8 Å². The second-order valence-electron chi connectivity index (χ2n) is 7.16. The summed E-state index contributed by atoms with van der Waals surface area (Å²) in [5, 5.41) is 0. The van der Waals surface area contributed by atoms with Gasteiger partial charge in [-0.3, -0.25) is 14.7 Å². The predicted octanol–water partition coefficient (Wildman–Crippen LogP) is 1.69. The van der Waals surface area contributed by atoms with Gasteiger partial charge in [-0.1, -0.05) is 30.3 Å². The van der Waals surface area contributed by atoms with Crippen LogP contribution in [0.15, 0.2) is 59.8 Å². The average molecular weight is 360 g/mol. The van der Waals surface area contributed by atoms with Gasteiger partial charge in [0, 0.05) is 44.0 Å². The molecule has 7 nitrogen and oxygen atoms in total. The van der Waals surface area contributed by atoms with E-state index in [0.717, 1.165) is 26.1 Å². The van der Waals surface area contributed by atoms with Gasteiger partial charge in [0.2, 0.25) is 5.95 Å². The van der Waals surface area contributed by atoms with E-state index < -0.39 is 0 Å². The molecule has 2 bridgehead atoms. The summed E-state index contributed by atoms with van der Waals surface area (Å²) in [6.07, 6.45) is 4.23. The number of fused-ring (bicyclic) bond motifs is 2. The Bertz CT molecular complexity index is 990. The number of piperazine rings is 1. The smallest absolute Gasteiger partial charge is 0.252 e. The van der Waals surface area contributed by atoms with Crippen molar-refractivity contribution in [3.8, 4) is 11.4 Å². The average Bonchev–Trinajstić information content (AvgIpc) is 3.29. The van der Waals surface area contributed by atoms with Crippen LogP contribution in [0, 0.1) is 0 Å². The summed E-state index contributed by atoms with van der Waals surface area (Å²) in [5.41, 5.74) is 2.43. The lowest BCUT2D eigenvalue weighted by molar-refractivity contribution is 0.229. The van der Waals surface area contributed by atoms with E-state index in [0.29, 0.717) is 29.4 Å². The SMILES string of the molecule is O=c1cc(-c2ccncn2)nc(N2CC3C[C@@H]2CN3Cc2ccccc2)[nH]1. The van der Waals surface area contributed by atoms with Gasteiger partial charge < -0.3 is 4.90 Å². The van der Waals surface area contributed by atoms with E-state index in [1.165, 1.54) is 18.0 Å². The van der Waals surface area contributed by atoms with E-state index >= 15 is 0 Å². The molecule has 2 fully saturated rings. The first-order chi connectivity index (χ1) is 13.3. The molecule has 2 aliphatic heterocycles. The van der Waals surface area contributed by atoms with Crippen LogP contribution < -0.4 is 10.5 Å². The van der Waals surface area contributed by atoms with Gasteiger partial charge in [-0.15, -0.1) is 0 Å². The largest absolute Gasteiger partial charge is 0.336 e. The second kappa shape index (κ2) is 6.59. The van der Waals surface area contributed by atoms with Crippen LogP contribution in [0.2, 0.25) is 0 Å². The first-order valence-corrected chi connectivity index (χ1v) is 9.18. The van der Waals surface area contributed by atoms with Gasteiger partial charge in [0.25, 0.3) is 5.56 Å². The minimum absolute atomic E-state index is 0.155. The Morgan fingerprint density at radius 3 is 2.70 bits per heavy atom.